The summed E-state index contributed by atoms with van der Waals surface area (Å²) in [7, 11) is 0. The molecule has 1 aromatic heterocycles. The van der Waals surface area contributed by atoms with E-state index in [4.69, 9.17) is 0 Å². The Morgan fingerprint density at radius 1 is 1.47 bits per heavy atom. The van der Waals surface area contributed by atoms with Gasteiger partial charge in [0.05, 0.1) is 6.20 Å². The fourth-order valence-corrected chi connectivity index (χ4v) is 1.68. The van der Waals surface area contributed by atoms with Crippen molar-refractivity contribution in [1.29, 1.82) is 0 Å². The van der Waals surface area contributed by atoms with Crippen LogP contribution in [0.3, 0.4) is 0 Å². The van der Waals surface area contributed by atoms with Crippen molar-refractivity contribution in [3.05, 3.63) is 48.8 Å². The fourth-order valence-electron chi connectivity index (χ4n) is 1.68. The minimum Gasteiger partial charge on any atom is -0.381 e. The predicted molar refractivity (Wildman–Crippen MR) is 76.7 cm³/mol. The Morgan fingerprint density at radius 2 is 2.26 bits per heavy atom. The zero-order valence-corrected chi connectivity index (χ0v) is 10.8. The van der Waals surface area contributed by atoms with Gasteiger partial charge in [0.25, 0.3) is 0 Å². The van der Waals surface area contributed by atoms with Gasteiger partial charge in [0.2, 0.25) is 5.91 Å². The first-order valence-corrected chi connectivity index (χ1v) is 5.94. The number of anilines is 2. The molecule has 0 aliphatic heterocycles. The van der Waals surface area contributed by atoms with E-state index in [0.29, 0.717) is 6.54 Å². The van der Waals surface area contributed by atoms with Gasteiger partial charge in [0, 0.05) is 42.8 Å². The lowest BCUT2D eigenvalue weighted by Crippen LogP contribution is -2.06. The van der Waals surface area contributed by atoms with E-state index in [1.807, 2.05) is 30.5 Å². The molecule has 0 aliphatic rings. The second-order valence-corrected chi connectivity index (χ2v) is 4.13. The van der Waals surface area contributed by atoms with Crippen LogP contribution in [-0.2, 0) is 11.3 Å². The topological polar surface area (TPSA) is 59.0 Å². The largest absolute Gasteiger partial charge is 0.381 e. The summed E-state index contributed by atoms with van der Waals surface area (Å²) in [6, 6.07) is 7.58. The molecule has 0 radical (unpaired) electrons. The molecular formula is C14H16N4O. The molecule has 2 aromatic rings. The maximum Gasteiger partial charge on any atom is 0.221 e. The number of benzene rings is 1. The van der Waals surface area contributed by atoms with Gasteiger partial charge in [-0.05, 0) is 18.2 Å². The highest BCUT2D eigenvalue weighted by Gasteiger charge is 1.99. The number of carbonyl (C=O) groups is 1. The highest BCUT2D eigenvalue weighted by atomic mass is 16.1. The van der Waals surface area contributed by atoms with Crippen LogP contribution in [-0.4, -0.2) is 15.7 Å². The van der Waals surface area contributed by atoms with E-state index in [1.165, 1.54) is 6.92 Å². The van der Waals surface area contributed by atoms with Gasteiger partial charge in [-0.3, -0.25) is 4.79 Å². The minimum atomic E-state index is -0.0793. The van der Waals surface area contributed by atoms with Crippen LogP contribution in [0.25, 0.3) is 6.20 Å². The third-order valence-electron chi connectivity index (χ3n) is 2.52. The average Bonchev–Trinajstić information content (AvgIpc) is 2.84. The molecule has 0 saturated carbocycles. The molecule has 5 nitrogen and oxygen atoms in total. The molecule has 5 heteroatoms. The maximum absolute atomic E-state index is 11.0. The van der Waals surface area contributed by atoms with Crippen molar-refractivity contribution >= 4 is 23.5 Å². The van der Waals surface area contributed by atoms with Crippen LogP contribution in [0.5, 0.6) is 0 Å². The maximum atomic E-state index is 11.0. The lowest BCUT2D eigenvalue weighted by atomic mass is 10.2. The van der Waals surface area contributed by atoms with Gasteiger partial charge in [-0.15, -0.1) is 0 Å². The van der Waals surface area contributed by atoms with E-state index in [2.05, 4.69) is 22.3 Å². The number of hydrogen-bond acceptors (Lipinski definition) is 3. The van der Waals surface area contributed by atoms with E-state index in [-0.39, 0.29) is 5.91 Å². The quantitative estimate of drug-likeness (QED) is 0.864. The van der Waals surface area contributed by atoms with Crippen LogP contribution >= 0.6 is 0 Å². The standard InChI is InChI=1S/C14H16N4O/c1-3-18-10-12(9-16-18)8-15-13-5-4-6-14(7-13)17-11(2)19/h3-7,9-10,15H,1,8H2,2H3,(H,17,19). The number of rotatable bonds is 5. The molecule has 2 rings (SSSR count). The SMILES string of the molecule is C=Cn1cc(CNc2cccc(NC(C)=O)c2)cn1. The Morgan fingerprint density at radius 3 is 2.95 bits per heavy atom. The Labute approximate surface area is 111 Å². The summed E-state index contributed by atoms with van der Waals surface area (Å²) in [5.74, 6) is -0.0793. The highest BCUT2D eigenvalue weighted by Crippen LogP contribution is 2.15. The lowest BCUT2D eigenvalue weighted by molar-refractivity contribution is -0.114. The van der Waals surface area contributed by atoms with Crippen LogP contribution in [0.15, 0.2) is 43.2 Å². The Hall–Kier alpha value is -2.56. The monoisotopic (exact) mass is 256 g/mol. The lowest BCUT2D eigenvalue weighted by Gasteiger charge is -2.07. The second-order valence-electron chi connectivity index (χ2n) is 4.13. The third kappa shape index (κ3) is 3.70. The summed E-state index contributed by atoms with van der Waals surface area (Å²) in [4.78, 5) is 11.0. The van der Waals surface area contributed by atoms with Crippen molar-refractivity contribution in [2.45, 2.75) is 13.5 Å². The highest BCUT2D eigenvalue weighted by molar-refractivity contribution is 5.89. The van der Waals surface area contributed by atoms with Crippen molar-refractivity contribution in [2.75, 3.05) is 10.6 Å². The van der Waals surface area contributed by atoms with Crippen LogP contribution in [0.2, 0.25) is 0 Å². The summed E-state index contributed by atoms with van der Waals surface area (Å²) in [5, 5.41) is 10.1. The molecule has 0 fully saturated rings. The van der Waals surface area contributed by atoms with Crippen molar-refractivity contribution in [1.82, 2.24) is 9.78 Å². The summed E-state index contributed by atoms with van der Waals surface area (Å²) in [6.07, 6.45) is 5.32. The average molecular weight is 256 g/mol. The van der Waals surface area contributed by atoms with Gasteiger partial charge in [0.1, 0.15) is 0 Å². The van der Waals surface area contributed by atoms with Crippen LogP contribution in [0.4, 0.5) is 11.4 Å². The van der Waals surface area contributed by atoms with Crippen molar-refractivity contribution in [3.8, 4) is 0 Å². The van der Waals surface area contributed by atoms with Gasteiger partial charge in [-0.1, -0.05) is 12.6 Å². The second kappa shape index (κ2) is 5.86. The van der Waals surface area contributed by atoms with E-state index < -0.39 is 0 Å². The molecule has 0 bridgehead atoms. The first-order valence-electron chi connectivity index (χ1n) is 5.94. The number of hydrogen-bond donors (Lipinski definition) is 2. The number of nitrogens with zero attached hydrogens (tertiary/aromatic N) is 2. The van der Waals surface area contributed by atoms with Gasteiger partial charge >= 0.3 is 0 Å². The fraction of sp³-hybridized carbons (Fsp3) is 0.143. The van der Waals surface area contributed by atoms with Crippen molar-refractivity contribution in [2.24, 2.45) is 0 Å². The van der Waals surface area contributed by atoms with Gasteiger partial charge in [0.15, 0.2) is 0 Å². The molecule has 0 spiro atoms. The predicted octanol–water partition coefficient (Wildman–Crippen LogP) is 2.55. The molecule has 2 N–H and O–H groups in total. The van der Waals surface area contributed by atoms with E-state index >= 15 is 0 Å². The molecule has 0 unspecified atom stereocenters. The smallest absolute Gasteiger partial charge is 0.221 e. The molecule has 0 saturated heterocycles. The van der Waals surface area contributed by atoms with Gasteiger partial charge < -0.3 is 10.6 Å². The molecular weight excluding hydrogens is 240 g/mol. The molecule has 1 heterocycles. The van der Waals surface area contributed by atoms with E-state index in [9.17, 15) is 4.79 Å². The van der Waals surface area contributed by atoms with E-state index in [0.717, 1.165) is 16.9 Å². The number of aromatic nitrogens is 2. The molecule has 1 amide bonds. The van der Waals surface area contributed by atoms with Gasteiger partial charge in [-0.25, -0.2) is 4.68 Å². The van der Waals surface area contributed by atoms with Crippen molar-refractivity contribution in [3.63, 3.8) is 0 Å². The Kier molecular flexibility index (Phi) is 3.97. The van der Waals surface area contributed by atoms with Crippen LogP contribution in [0.1, 0.15) is 12.5 Å². The first kappa shape index (κ1) is 12.9. The van der Waals surface area contributed by atoms with Gasteiger partial charge in [-0.2, -0.15) is 5.10 Å². The third-order valence-corrected chi connectivity index (χ3v) is 2.52. The molecule has 0 atom stereocenters. The zero-order valence-electron chi connectivity index (χ0n) is 10.8. The zero-order chi connectivity index (χ0) is 13.7. The molecule has 1 aromatic carbocycles. The van der Waals surface area contributed by atoms with E-state index in [1.54, 1.807) is 17.1 Å². The molecule has 0 aliphatic carbocycles. The van der Waals surface area contributed by atoms with Crippen molar-refractivity contribution < 1.29 is 4.79 Å². The van der Waals surface area contributed by atoms with Crippen LogP contribution in [0, 0.1) is 0 Å². The first-order chi connectivity index (χ1) is 9.17. The summed E-state index contributed by atoms with van der Waals surface area (Å²) in [6.45, 7) is 5.80. The van der Waals surface area contributed by atoms with Crippen LogP contribution < -0.4 is 10.6 Å². The Bertz CT molecular complexity index is 589. The Balaban J connectivity index is 1.98. The number of carbonyl (C=O) groups excluding carboxylic acids is 1. The number of amides is 1. The molecule has 19 heavy (non-hydrogen) atoms. The normalized spacial score (nSPS) is 9.95. The minimum absolute atomic E-state index is 0.0793. The number of nitrogens with one attached hydrogen (secondary N) is 2. The summed E-state index contributed by atoms with van der Waals surface area (Å²) in [5.41, 5.74) is 2.78. The molecule has 98 valence electrons. The summed E-state index contributed by atoms with van der Waals surface area (Å²) >= 11 is 0. The summed E-state index contributed by atoms with van der Waals surface area (Å²) < 4.78 is 1.66.